The zero-order valence-electron chi connectivity index (χ0n) is 13.5. The largest absolute Gasteiger partial charge is 0.489 e. The number of hydrogen-bond donors (Lipinski definition) is 1. The van der Waals surface area contributed by atoms with Crippen molar-refractivity contribution >= 4 is 11.6 Å². The summed E-state index contributed by atoms with van der Waals surface area (Å²) >= 11 is 5.90. The molecule has 1 heterocycles. The highest BCUT2D eigenvalue weighted by molar-refractivity contribution is 6.30. The predicted octanol–water partition coefficient (Wildman–Crippen LogP) is 3.57. The molecule has 0 radical (unpaired) electrons. The van der Waals surface area contributed by atoms with Crippen LogP contribution in [0.2, 0.25) is 5.02 Å². The van der Waals surface area contributed by atoms with Crippen molar-refractivity contribution in [2.45, 2.75) is 13.2 Å². The third-order valence-electron chi connectivity index (χ3n) is 4.11. The van der Waals surface area contributed by atoms with Crippen LogP contribution in [-0.2, 0) is 13.2 Å². The normalized spacial score (nSPS) is 14.7. The third kappa shape index (κ3) is 4.96. The van der Waals surface area contributed by atoms with Gasteiger partial charge in [0.05, 0.1) is 0 Å². The summed E-state index contributed by atoms with van der Waals surface area (Å²) in [6.07, 6.45) is 0. The van der Waals surface area contributed by atoms with E-state index in [-0.39, 0.29) is 0 Å². The second kappa shape index (κ2) is 7.82. The van der Waals surface area contributed by atoms with E-state index < -0.39 is 0 Å². The standard InChI is InChI=1S/C19H23ClN2O/c1-22(13-17-10-21-11-17)12-16-3-2-4-19(9-16)23-14-15-5-7-18(20)8-6-15/h2-9,17,21H,10-14H2,1H3. The van der Waals surface area contributed by atoms with Crippen LogP contribution in [0.4, 0.5) is 0 Å². The summed E-state index contributed by atoms with van der Waals surface area (Å²) in [5.74, 6) is 1.71. The Kier molecular flexibility index (Phi) is 5.55. The molecule has 0 saturated carbocycles. The Bertz CT molecular complexity index is 626. The molecular weight excluding hydrogens is 308 g/mol. The van der Waals surface area contributed by atoms with E-state index in [1.807, 2.05) is 30.3 Å². The van der Waals surface area contributed by atoms with Crippen molar-refractivity contribution in [3.8, 4) is 5.75 Å². The summed E-state index contributed by atoms with van der Waals surface area (Å²) in [4.78, 5) is 2.38. The first-order valence-corrected chi connectivity index (χ1v) is 8.42. The van der Waals surface area contributed by atoms with Gasteiger partial charge in [0.25, 0.3) is 0 Å². The average molecular weight is 331 g/mol. The fourth-order valence-electron chi connectivity index (χ4n) is 2.78. The van der Waals surface area contributed by atoms with Crippen LogP contribution >= 0.6 is 11.6 Å². The summed E-state index contributed by atoms with van der Waals surface area (Å²) in [6, 6.07) is 16.1. The van der Waals surface area contributed by atoms with E-state index in [4.69, 9.17) is 16.3 Å². The number of benzene rings is 2. The summed E-state index contributed by atoms with van der Waals surface area (Å²) in [5.41, 5.74) is 2.41. The minimum Gasteiger partial charge on any atom is -0.489 e. The summed E-state index contributed by atoms with van der Waals surface area (Å²) in [7, 11) is 2.18. The van der Waals surface area contributed by atoms with Crippen LogP contribution in [0, 0.1) is 5.92 Å². The quantitative estimate of drug-likeness (QED) is 0.840. The molecule has 122 valence electrons. The highest BCUT2D eigenvalue weighted by Crippen LogP contribution is 2.18. The number of ether oxygens (including phenoxy) is 1. The monoisotopic (exact) mass is 330 g/mol. The molecule has 0 spiro atoms. The van der Waals surface area contributed by atoms with Gasteiger partial charge in [0.1, 0.15) is 12.4 Å². The molecule has 2 aromatic rings. The Balaban J connectivity index is 1.52. The van der Waals surface area contributed by atoms with E-state index in [0.717, 1.165) is 48.4 Å². The fourth-order valence-corrected chi connectivity index (χ4v) is 2.90. The summed E-state index contributed by atoms with van der Waals surface area (Å²) in [5, 5.41) is 4.07. The van der Waals surface area contributed by atoms with E-state index in [0.29, 0.717) is 6.61 Å². The maximum Gasteiger partial charge on any atom is 0.120 e. The first-order valence-electron chi connectivity index (χ1n) is 8.04. The van der Waals surface area contributed by atoms with Crippen LogP contribution in [0.1, 0.15) is 11.1 Å². The van der Waals surface area contributed by atoms with E-state index in [2.05, 4.69) is 35.5 Å². The van der Waals surface area contributed by atoms with Crippen molar-refractivity contribution in [3.05, 3.63) is 64.7 Å². The van der Waals surface area contributed by atoms with Crippen LogP contribution in [-0.4, -0.2) is 31.6 Å². The lowest BCUT2D eigenvalue weighted by atomic mass is 10.0. The zero-order chi connectivity index (χ0) is 16.1. The van der Waals surface area contributed by atoms with Crippen molar-refractivity contribution in [3.63, 3.8) is 0 Å². The SMILES string of the molecule is CN(Cc1cccc(OCc2ccc(Cl)cc2)c1)CC1CNC1. The Hall–Kier alpha value is -1.55. The molecule has 3 nitrogen and oxygen atoms in total. The van der Waals surface area contributed by atoms with Crippen LogP contribution in [0.25, 0.3) is 0 Å². The van der Waals surface area contributed by atoms with Crippen LogP contribution in [0.3, 0.4) is 0 Å². The highest BCUT2D eigenvalue weighted by atomic mass is 35.5. The van der Waals surface area contributed by atoms with Crippen molar-refractivity contribution < 1.29 is 4.74 Å². The molecule has 0 bridgehead atoms. The molecule has 1 aliphatic heterocycles. The van der Waals surface area contributed by atoms with Crippen molar-refractivity contribution in [2.75, 3.05) is 26.7 Å². The zero-order valence-corrected chi connectivity index (χ0v) is 14.2. The van der Waals surface area contributed by atoms with Crippen LogP contribution < -0.4 is 10.1 Å². The molecule has 1 N–H and O–H groups in total. The van der Waals surface area contributed by atoms with Gasteiger partial charge in [0.15, 0.2) is 0 Å². The second-order valence-electron chi connectivity index (χ2n) is 6.28. The van der Waals surface area contributed by atoms with E-state index >= 15 is 0 Å². The van der Waals surface area contributed by atoms with Crippen molar-refractivity contribution in [1.82, 2.24) is 10.2 Å². The molecule has 0 aromatic heterocycles. The third-order valence-corrected chi connectivity index (χ3v) is 4.36. The van der Waals surface area contributed by atoms with Gasteiger partial charge in [-0.05, 0) is 48.4 Å². The lowest BCUT2D eigenvalue weighted by Gasteiger charge is -2.31. The number of nitrogens with zero attached hydrogens (tertiary/aromatic N) is 1. The van der Waals surface area contributed by atoms with Crippen LogP contribution in [0.15, 0.2) is 48.5 Å². The number of rotatable bonds is 7. The molecule has 23 heavy (non-hydrogen) atoms. The van der Waals surface area contributed by atoms with Gasteiger partial charge in [-0.15, -0.1) is 0 Å². The molecule has 1 saturated heterocycles. The molecule has 0 atom stereocenters. The number of halogens is 1. The van der Waals surface area contributed by atoms with Gasteiger partial charge >= 0.3 is 0 Å². The van der Waals surface area contributed by atoms with Crippen LogP contribution in [0.5, 0.6) is 5.75 Å². The van der Waals surface area contributed by atoms with Gasteiger partial charge < -0.3 is 15.0 Å². The van der Waals surface area contributed by atoms with Crippen molar-refractivity contribution in [2.24, 2.45) is 5.92 Å². The fraction of sp³-hybridized carbons (Fsp3) is 0.368. The Labute approximate surface area is 143 Å². The van der Waals surface area contributed by atoms with Crippen molar-refractivity contribution in [1.29, 1.82) is 0 Å². The maximum absolute atomic E-state index is 5.90. The first kappa shape index (κ1) is 16.3. The minimum atomic E-state index is 0.560. The molecule has 2 aromatic carbocycles. The second-order valence-corrected chi connectivity index (χ2v) is 6.72. The average Bonchev–Trinajstić information content (AvgIpc) is 2.51. The minimum absolute atomic E-state index is 0.560. The molecule has 3 rings (SSSR count). The molecule has 0 amide bonds. The number of nitrogens with one attached hydrogen (secondary N) is 1. The Morgan fingerprint density at radius 3 is 2.61 bits per heavy atom. The number of hydrogen-bond acceptors (Lipinski definition) is 3. The lowest BCUT2D eigenvalue weighted by Crippen LogP contribution is -2.47. The highest BCUT2D eigenvalue weighted by Gasteiger charge is 2.18. The van der Waals surface area contributed by atoms with Gasteiger partial charge in [-0.25, -0.2) is 0 Å². The molecule has 1 aliphatic rings. The van der Waals surface area contributed by atoms with Gasteiger partial charge in [0.2, 0.25) is 0 Å². The molecule has 0 aliphatic carbocycles. The van der Waals surface area contributed by atoms with Gasteiger partial charge in [-0.3, -0.25) is 0 Å². The summed E-state index contributed by atoms with van der Waals surface area (Å²) < 4.78 is 5.90. The predicted molar refractivity (Wildman–Crippen MR) is 94.9 cm³/mol. The smallest absolute Gasteiger partial charge is 0.120 e. The lowest BCUT2D eigenvalue weighted by molar-refractivity contribution is 0.218. The maximum atomic E-state index is 5.90. The van der Waals surface area contributed by atoms with E-state index in [1.54, 1.807) is 0 Å². The molecule has 1 fully saturated rings. The van der Waals surface area contributed by atoms with E-state index in [1.165, 1.54) is 5.56 Å². The van der Waals surface area contributed by atoms with Gasteiger partial charge in [0, 0.05) is 31.2 Å². The molecule has 0 unspecified atom stereocenters. The van der Waals surface area contributed by atoms with Gasteiger partial charge in [-0.2, -0.15) is 0 Å². The summed E-state index contributed by atoms with van der Waals surface area (Å²) in [6.45, 7) is 4.95. The van der Waals surface area contributed by atoms with Gasteiger partial charge in [-0.1, -0.05) is 35.9 Å². The molecule has 4 heteroatoms. The Morgan fingerprint density at radius 2 is 1.91 bits per heavy atom. The topological polar surface area (TPSA) is 24.5 Å². The first-order chi connectivity index (χ1) is 11.2. The Morgan fingerprint density at radius 1 is 1.13 bits per heavy atom. The molecular formula is C19H23ClN2O. The van der Waals surface area contributed by atoms with E-state index in [9.17, 15) is 0 Å².